The molecule has 0 saturated carbocycles. The fraction of sp³-hybridized carbons (Fsp3) is 0.467. The van der Waals surface area contributed by atoms with Gasteiger partial charge in [-0.25, -0.2) is 5.01 Å². The molecule has 2 N–H and O–H groups in total. The highest BCUT2D eigenvalue weighted by Crippen LogP contribution is 2.14. The van der Waals surface area contributed by atoms with Gasteiger partial charge in [-0.2, -0.15) is 0 Å². The van der Waals surface area contributed by atoms with E-state index < -0.39 is 0 Å². The lowest BCUT2D eigenvalue weighted by Crippen LogP contribution is -2.45. The molecule has 2 rings (SSSR count). The summed E-state index contributed by atoms with van der Waals surface area (Å²) in [7, 11) is 0. The van der Waals surface area contributed by atoms with E-state index in [1.54, 1.807) is 24.3 Å². The van der Waals surface area contributed by atoms with Gasteiger partial charge in [0.15, 0.2) is 0 Å². The fourth-order valence-electron chi connectivity index (χ4n) is 2.18. The van der Waals surface area contributed by atoms with Crippen LogP contribution in [0.25, 0.3) is 0 Å². The topological polar surface area (TPSA) is 61.4 Å². The Morgan fingerprint density at radius 1 is 1.05 bits per heavy atom. The van der Waals surface area contributed by atoms with Crippen molar-refractivity contribution < 1.29 is 9.59 Å². The second-order valence-corrected chi connectivity index (χ2v) is 6.55. The van der Waals surface area contributed by atoms with Gasteiger partial charge >= 0.3 is 0 Å². The van der Waals surface area contributed by atoms with Gasteiger partial charge in [0.2, 0.25) is 11.8 Å². The molecular formula is C15H20ClN3O2S. The monoisotopic (exact) mass is 341 g/mol. The van der Waals surface area contributed by atoms with E-state index in [9.17, 15) is 9.59 Å². The highest BCUT2D eigenvalue weighted by molar-refractivity contribution is 8.00. The number of anilines is 1. The largest absolute Gasteiger partial charge is 0.325 e. The van der Waals surface area contributed by atoms with Crippen LogP contribution in [-0.2, 0) is 9.59 Å². The van der Waals surface area contributed by atoms with Crippen LogP contribution in [0.3, 0.4) is 0 Å². The fourth-order valence-corrected chi connectivity index (χ4v) is 2.92. The summed E-state index contributed by atoms with van der Waals surface area (Å²) < 4.78 is 0. The van der Waals surface area contributed by atoms with Crippen molar-refractivity contribution in [3.63, 3.8) is 0 Å². The van der Waals surface area contributed by atoms with Gasteiger partial charge in [0.05, 0.1) is 11.5 Å². The molecule has 1 heterocycles. The number of hydrogen-bond acceptors (Lipinski definition) is 4. The molecule has 1 fully saturated rings. The summed E-state index contributed by atoms with van der Waals surface area (Å²) in [6.45, 7) is 1.82. The van der Waals surface area contributed by atoms with Crippen LogP contribution in [0.1, 0.15) is 19.3 Å². The molecular weight excluding hydrogens is 322 g/mol. The van der Waals surface area contributed by atoms with Crippen molar-refractivity contribution in [1.29, 1.82) is 0 Å². The van der Waals surface area contributed by atoms with Crippen molar-refractivity contribution in [2.24, 2.45) is 0 Å². The number of hydrazine groups is 1. The predicted molar refractivity (Wildman–Crippen MR) is 91.0 cm³/mol. The summed E-state index contributed by atoms with van der Waals surface area (Å²) in [6.07, 6.45) is 3.47. The van der Waals surface area contributed by atoms with Gasteiger partial charge in [0, 0.05) is 23.8 Å². The summed E-state index contributed by atoms with van der Waals surface area (Å²) in [4.78, 5) is 23.5. The summed E-state index contributed by atoms with van der Waals surface area (Å²) in [5.74, 6) is 0.352. The Labute approximate surface area is 139 Å². The molecule has 0 bridgehead atoms. The minimum atomic E-state index is -0.127. The predicted octanol–water partition coefficient (Wildman–Crippen LogP) is 2.53. The molecule has 0 unspecified atom stereocenters. The van der Waals surface area contributed by atoms with E-state index in [-0.39, 0.29) is 23.3 Å². The van der Waals surface area contributed by atoms with Crippen molar-refractivity contribution in [1.82, 2.24) is 10.4 Å². The van der Waals surface area contributed by atoms with Gasteiger partial charge in [-0.1, -0.05) is 18.0 Å². The van der Waals surface area contributed by atoms with E-state index in [4.69, 9.17) is 11.6 Å². The Hall–Kier alpha value is -1.24. The van der Waals surface area contributed by atoms with Crippen molar-refractivity contribution >= 4 is 40.9 Å². The highest BCUT2D eigenvalue weighted by Gasteiger charge is 2.13. The van der Waals surface area contributed by atoms with E-state index in [1.807, 2.05) is 5.01 Å². The van der Waals surface area contributed by atoms with Gasteiger partial charge in [-0.15, -0.1) is 11.8 Å². The standard InChI is InChI=1S/C15H20ClN3O2S/c16-12-4-6-13(7-5-12)17-14(20)10-22-11-15(21)18-19-8-2-1-3-9-19/h4-7H,1-3,8-11H2,(H,17,20)(H,18,21). The number of rotatable bonds is 6. The zero-order valence-electron chi connectivity index (χ0n) is 12.3. The molecule has 1 aliphatic heterocycles. The molecule has 7 heteroatoms. The third kappa shape index (κ3) is 6.25. The van der Waals surface area contributed by atoms with Gasteiger partial charge in [0.1, 0.15) is 0 Å². The summed E-state index contributed by atoms with van der Waals surface area (Å²) in [5.41, 5.74) is 3.58. The molecule has 0 aromatic heterocycles. The summed E-state index contributed by atoms with van der Waals surface area (Å²) in [6, 6.07) is 6.93. The van der Waals surface area contributed by atoms with Crippen LogP contribution in [0.2, 0.25) is 5.02 Å². The quantitative estimate of drug-likeness (QED) is 0.834. The molecule has 22 heavy (non-hydrogen) atoms. The lowest BCUT2D eigenvalue weighted by Gasteiger charge is -2.26. The Bertz CT molecular complexity index is 504. The van der Waals surface area contributed by atoms with Crippen LogP contribution < -0.4 is 10.7 Å². The number of benzene rings is 1. The molecule has 2 amide bonds. The van der Waals surface area contributed by atoms with E-state index in [0.29, 0.717) is 10.7 Å². The lowest BCUT2D eigenvalue weighted by molar-refractivity contribution is -0.123. The van der Waals surface area contributed by atoms with Crippen molar-refractivity contribution in [3.05, 3.63) is 29.3 Å². The summed E-state index contributed by atoms with van der Waals surface area (Å²) >= 11 is 7.09. The summed E-state index contributed by atoms with van der Waals surface area (Å²) in [5, 5.41) is 5.35. The maximum absolute atomic E-state index is 11.8. The number of hydrogen-bond donors (Lipinski definition) is 2. The first-order valence-corrected chi connectivity index (χ1v) is 8.84. The molecule has 5 nitrogen and oxygen atoms in total. The van der Waals surface area contributed by atoms with Crippen LogP contribution in [0.15, 0.2) is 24.3 Å². The number of halogens is 1. The molecule has 1 aliphatic rings. The molecule has 0 aliphatic carbocycles. The van der Waals surface area contributed by atoms with Crippen LogP contribution in [0.5, 0.6) is 0 Å². The molecule has 1 saturated heterocycles. The van der Waals surface area contributed by atoms with Crippen LogP contribution in [0.4, 0.5) is 5.69 Å². The third-order valence-corrected chi connectivity index (χ3v) is 4.42. The van der Waals surface area contributed by atoms with Crippen molar-refractivity contribution in [2.75, 3.05) is 29.9 Å². The molecule has 0 radical (unpaired) electrons. The Balaban J connectivity index is 1.61. The number of thioether (sulfide) groups is 1. The Morgan fingerprint density at radius 2 is 1.68 bits per heavy atom. The van der Waals surface area contributed by atoms with Crippen LogP contribution in [-0.4, -0.2) is 41.4 Å². The third-order valence-electron chi connectivity index (χ3n) is 3.23. The van der Waals surface area contributed by atoms with Gasteiger partial charge in [-0.3, -0.25) is 15.0 Å². The minimum Gasteiger partial charge on any atom is -0.325 e. The van der Waals surface area contributed by atoms with E-state index >= 15 is 0 Å². The lowest BCUT2D eigenvalue weighted by atomic mass is 10.2. The van der Waals surface area contributed by atoms with E-state index in [1.165, 1.54) is 18.2 Å². The second kappa shape index (κ2) is 9.02. The molecule has 0 atom stereocenters. The number of piperidine rings is 1. The van der Waals surface area contributed by atoms with Crippen LogP contribution in [0, 0.1) is 0 Å². The number of nitrogens with one attached hydrogen (secondary N) is 2. The number of carbonyl (C=O) groups is 2. The Morgan fingerprint density at radius 3 is 2.36 bits per heavy atom. The van der Waals surface area contributed by atoms with Gasteiger partial charge < -0.3 is 5.32 Å². The zero-order valence-corrected chi connectivity index (χ0v) is 13.9. The first-order valence-electron chi connectivity index (χ1n) is 7.31. The van der Waals surface area contributed by atoms with E-state index in [2.05, 4.69) is 10.7 Å². The maximum Gasteiger partial charge on any atom is 0.244 e. The first kappa shape index (κ1) is 17.1. The first-order chi connectivity index (χ1) is 10.6. The average molecular weight is 342 g/mol. The zero-order chi connectivity index (χ0) is 15.8. The number of nitrogens with zero attached hydrogens (tertiary/aromatic N) is 1. The molecule has 120 valence electrons. The molecule has 1 aromatic rings. The number of carbonyl (C=O) groups excluding carboxylic acids is 2. The molecule has 0 spiro atoms. The second-order valence-electron chi connectivity index (χ2n) is 5.13. The number of amides is 2. The normalized spacial score (nSPS) is 15.3. The highest BCUT2D eigenvalue weighted by atomic mass is 35.5. The van der Waals surface area contributed by atoms with Crippen molar-refractivity contribution in [3.8, 4) is 0 Å². The Kier molecular flexibility index (Phi) is 7.02. The SMILES string of the molecule is O=C(CSCC(=O)NN1CCCCC1)Nc1ccc(Cl)cc1. The van der Waals surface area contributed by atoms with E-state index in [0.717, 1.165) is 25.9 Å². The maximum atomic E-state index is 11.8. The van der Waals surface area contributed by atoms with Crippen LogP contribution >= 0.6 is 23.4 Å². The minimum absolute atomic E-state index is 0.0498. The average Bonchev–Trinajstić information content (AvgIpc) is 2.50. The smallest absolute Gasteiger partial charge is 0.244 e. The van der Waals surface area contributed by atoms with Gasteiger partial charge in [0.25, 0.3) is 0 Å². The molecule has 1 aromatic carbocycles. The van der Waals surface area contributed by atoms with Gasteiger partial charge in [-0.05, 0) is 37.1 Å². The van der Waals surface area contributed by atoms with Crippen molar-refractivity contribution in [2.45, 2.75) is 19.3 Å².